The van der Waals surface area contributed by atoms with Gasteiger partial charge in [0, 0.05) is 33.9 Å². The fraction of sp³-hybridized carbons (Fsp3) is 0.143. The third-order valence-corrected chi connectivity index (χ3v) is 6.10. The monoisotopic (exact) mass is 538 g/mol. The van der Waals surface area contributed by atoms with Crippen molar-refractivity contribution in [2.75, 3.05) is 11.9 Å². The van der Waals surface area contributed by atoms with E-state index in [2.05, 4.69) is 36.5 Å². The Morgan fingerprint density at radius 1 is 1.03 bits per heavy atom. The highest BCUT2D eigenvalue weighted by molar-refractivity contribution is 9.10. The molecule has 10 heteroatoms. The van der Waals surface area contributed by atoms with E-state index in [1.807, 2.05) is 36.4 Å². The summed E-state index contributed by atoms with van der Waals surface area (Å²) in [6, 6.07) is 14.7. The van der Waals surface area contributed by atoms with Gasteiger partial charge in [0.2, 0.25) is 5.91 Å². The Labute approximate surface area is 202 Å². The number of benzene rings is 2. The van der Waals surface area contributed by atoms with Crippen LogP contribution in [0.15, 0.2) is 64.4 Å². The number of thioether (sulfide) groups is 1. The molecular formula is C21H17BrCl2N4O2S. The molecule has 0 radical (unpaired) electrons. The zero-order valence-electron chi connectivity index (χ0n) is 16.1. The highest BCUT2D eigenvalue weighted by atomic mass is 79.9. The minimum Gasteiger partial charge on any atom is -0.350 e. The molecule has 0 bridgehead atoms. The number of carbonyl (C=O) groups excluding carboxylic acids is 2. The van der Waals surface area contributed by atoms with Gasteiger partial charge < -0.3 is 10.6 Å². The first kappa shape index (κ1) is 23.5. The molecule has 2 N–H and O–H groups in total. The van der Waals surface area contributed by atoms with Gasteiger partial charge >= 0.3 is 0 Å². The smallest absolute Gasteiger partial charge is 0.271 e. The van der Waals surface area contributed by atoms with Crippen molar-refractivity contribution >= 4 is 68.4 Å². The van der Waals surface area contributed by atoms with Gasteiger partial charge in [-0.15, -0.1) is 0 Å². The van der Waals surface area contributed by atoms with E-state index in [0.29, 0.717) is 21.6 Å². The van der Waals surface area contributed by atoms with Gasteiger partial charge in [-0.05, 0) is 35.9 Å². The number of hydrogen-bond acceptors (Lipinski definition) is 5. The zero-order valence-corrected chi connectivity index (χ0v) is 20.0. The van der Waals surface area contributed by atoms with E-state index in [1.165, 1.54) is 18.0 Å². The molecule has 3 aromatic rings. The van der Waals surface area contributed by atoms with Crippen LogP contribution in [0.3, 0.4) is 0 Å². The van der Waals surface area contributed by atoms with Crippen LogP contribution in [0.5, 0.6) is 0 Å². The number of anilines is 1. The minimum absolute atomic E-state index is 0.0617. The molecule has 2 amide bonds. The fourth-order valence-corrected chi connectivity index (χ4v) is 4.01. The Morgan fingerprint density at radius 3 is 2.52 bits per heavy atom. The number of amides is 2. The summed E-state index contributed by atoms with van der Waals surface area (Å²) in [5, 5.41) is 6.63. The molecule has 6 nitrogen and oxygen atoms in total. The maximum absolute atomic E-state index is 12.5. The van der Waals surface area contributed by atoms with Crippen molar-refractivity contribution in [1.82, 2.24) is 15.3 Å². The lowest BCUT2D eigenvalue weighted by Gasteiger charge is -2.08. The number of nitrogens with one attached hydrogen (secondary N) is 2. The van der Waals surface area contributed by atoms with Gasteiger partial charge in [-0.25, -0.2) is 9.97 Å². The van der Waals surface area contributed by atoms with Crippen molar-refractivity contribution in [2.24, 2.45) is 0 Å². The van der Waals surface area contributed by atoms with E-state index in [9.17, 15) is 9.59 Å². The number of carbonyl (C=O) groups is 2. The molecule has 0 saturated heterocycles. The third kappa shape index (κ3) is 7.21. The van der Waals surface area contributed by atoms with Crippen LogP contribution >= 0.6 is 50.9 Å². The van der Waals surface area contributed by atoms with Gasteiger partial charge in [-0.1, -0.05) is 69.1 Å². The molecule has 0 atom stereocenters. The lowest BCUT2D eigenvalue weighted by Crippen LogP contribution is -2.28. The summed E-state index contributed by atoms with van der Waals surface area (Å²) < 4.78 is 0.920. The predicted octanol–water partition coefficient (Wildman–Crippen LogP) is 5.60. The molecule has 0 fully saturated rings. The zero-order chi connectivity index (χ0) is 22.2. The molecule has 1 aromatic heterocycles. The first-order chi connectivity index (χ1) is 14.9. The molecule has 160 valence electrons. The second-order valence-electron chi connectivity index (χ2n) is 6.29. The Hall–Kier alpha value is -2.13. The van der Waals surface area contributed by atoms with E-state index in [1.54, 1.807) is 12.1 Å². The van der Waals surface area contributed by atoms with Crippen molar-refractivity contribution < 1.29 is 9.59 Å². The van der Waals surface area contributed by atoms with Crippen molar-refractivity contribution in [2.45, 2.75) is 17.3 Å². The molecule has 0 aliphatic heterocycles. The van der Waals surface area contributed by atoms with Crippen LogP contribution in [0.1, 0.15) is 22.5 Å². The lowest BCUT2D eigenvalue weighted by atomic mass is 10.2. The average Bonchev–Trinajstić information content (AvgIpc) is 2.75. The van der Waals surface area contributed by atoms with Crippen molar-refractivity contribution in [3.05, 3.63) is 80.5 Å². The van der Waals surface area contributed by atoms with Gasteiger partial charge in [0.1, 0.15) is 0 Å². The standard InChI is InChI=1S/C21H17BrCl2N4O2S/c22-14-5-7-15(8-6-14)27-18(29)9-10-25-20(30)19-17(24)11-26-21(28-19)31-12-13-3-1-2-4-16(13)23/h1-8,11H,9-10,12H2,(H,25,30)(H,27,29). The highest BCUT2D eigenvalue weighted by Gasteiger charge is 2.15. The SMILES string of the molecule is O=C(CCNC(=O)c1nc(SCc2ccccc2Cl)ncc1Cl)Nc1ccc(Br)cc1. The third-order valence-electron chi connectivity index (χ3n) is 4.02. The molecule has 31 heavy (non-hydrogen) atoms. The number of hydrogen-bond donors (Lipinski definition) is 2. The molecule has 2 aromatic carbocycles. The van der Waals surface area contributed by atoms with Crippen LogP contribution in [0, 0.1) is 0 Å². The quantitative estimate of drug-likeness (QED) is 0.287. The normalized spacial score (nSPS) is 10.5. The Bertz CT molecular complexity index is 1080. The maximum atomic E-state index is 12.5. The minimum atomic E-state index is -0.469. The number of aromatic nitrogens is 2. The second kappa shape index (κ2) is 11.5. The Morgan fingerprint density at radius 2 is 1.77 bits per heavy atom. The lowest BCUT2D eigenvalue weighted by molar-refractivity contribution is -0.116. The summed E-state index contributed by atoms with van der Waals surface area (Å²) in [5.41, 5.74) is 1.68. The summed E-state index contributed by atoms with van der Waals surface area (Å²) in [4.78, 5) is 32.9. The fourth-order valence-electron chi connectivity index (χ4n) is 2.47. The van der Waals surface area contributed by atoms with E-state index in [4.69, 9.17) is 23.2 Å². The van der Waals surface area contributed by atoms with Crippen molar-refractivity contribution in [3.8, 4) is 0 Å². The van der Waals surface area contributed by atoms with Crippen molar-refractivity contribution in [3.63, 3.8) is 0 Å². The number of nitrogens with zero attached hydrogens (tertiary/aromatic N) is 2. The molecule has 0 unspecified atom stereocenters. The highest BCUT2D eigenvalue weighted by Crippen LogP contribution is 2.25. The molecule has 0 spiro atoms. The summed E-state index contributed by atoms with van der Waals surface area (Å²) in [6.07, 6.45) is 1.50. The van der Waals surface area contributed by atoms with Gasteiger partial charge in [0.25, 0.3) is 5.91 Å². The van der Waals surface area contributed by atoms with E-state index < -0.39 is 5.91 Å². The first-order valence-electron chi connectivity index (χ1n) is 9.15. The number of halogens is 3. The largest absolute Gasteiger partial charge is 0.350 e. The molecular weight excluding hydrogens is 523 g/mol. The van der Waals surface area contributed by atoms with Crippen LogP contribution in [-0.2, 0) is 10.5 Å². The van der Waals surface area contributed by atoms with Gasteiger partial charge in [0.05, 0.1) is 11.2 Å². The average molecular weight is 540 g/mol. The second-order valence-corrected chi connectivity index (χ2v) is 8.96. The predicted molar refractivity (Wildman–Crippen MR) is 128 cm³/mol. The van der Waals surface area contributed by atoms with Crippen LogP contribution in [0.2, 0.25) is 10.0 Å². The molecule has 0 aliphatic carbocycles. The van der Waals surface area contributed by atoms with Gasteiger partial charge in [-0.3, -0.25) is 9.59 Å². The number of rotatable bonds is 8. The van der Waals surface area contributed by atoms with Crippen LogP contribution in [0.4, 0.5) is 5.69 Å². The van der Waals surface area contributed by atoms with Crippen molar-refractivity contribution in [1.29, 1.82) is 0 Å². The summed E-state index contributed by atoms with van der Waals surface area (Å²) in [5.74, 6) is -0.130. The van der Waals surface area contributed by atoms with Crippen LogP contribution in [-0.4, -0.2) is 28.3 Å². The summed E-state index contributed by atoms with van der Waals surface area (Å²) in [7, 11) is 0. The Balaban J connectivity index is 1.52. The Kier molecular flexibility index (Phi) is 8.71. The van der Waals surface area contributed by atoms with Gasteiger partial charge in [-0.2, -0.15) is 0 Å². The summed E-state index contributed by atoms with van der Waals surface area (Å²) >= 11 is 16.9. The molecule has 0 saturated carbocycles. The van der Waals surface area contributed by atoms with Crippen LogP contribution < -0.4 is 10.6 Å². The van der Waals surface area contributed by atoms with E-state index >= 15 is 0 Å². The maximum Gasteiger partial charge on any atom is 0.271 e. The molecule has 0 aliphatic rings. The molecule has 3 rings (SSSR count). The van der Waals surface area contributed by atoms with E-state index in [0.717, 1.165) is 10.0 Å². The van der Waals surface area contributed by atoms with Gasteiger partial charge in [0.15, 0.2) is 10.9 Å². The first-order valence-corrected chi connectivity index (χ1v) is 11.7. The van der Waals surface area contributed by atoms with E-state index in [-0.39, 0.29) is 29.6 Å². The van der Waals surface area contributed by atoms with Crippen LogP contribution in [0.25, 0.3) is 0 Å². The topological polar surface area (TPSA) is 84.0 Å². The molecule has 1 heterocycles. The summed E-state index contributed by atoms with van der Waals surface area (Å²) in [6.45, 7) is 0.142.